The Bertz CT molecular complexity index is 1270. The Morgan fingerprint density at radius 1 is 1.18 bits per heavy atom. The summed E-state index contributed by atoms with van der Waals surface area (Å²) in [5, 5.41) is 14.5. The van der Waals surface area contributed by atoms with Crippen molar-refractivity contribution in [3.05, 3.63) is 64.7 Å². The Kier molecular flexibility index (Phi) is 5.86. The number of aromatic nitrogens is 3. The second-order valence-electron chi connectivity index (χ2n) is 8.77. The number of aromatic carboxylic acids is 1. The number of likely N-dealkylation sites (tertiary alicyclic amines) is 1. The zero-order valence-electron chi connectivity index (χ0n) is 18.7. The Morgan fingerprint density at radius 3 is 2.61 bits per heavy atom. The van der Waals surface area contributed by atoms with Crippen LogP contribution in [0.1, 0.15) is 47.8 Å². The van der Waals surface area contributed by atoms with Crippen LogP contribution in [0.5, 0.6) is 0 Å². The van der Waals surface area contributed by atoms with Gasteiger partial charge in [0.2, 0.25) is 0 Å². The molecule has 1 aliphatic heterocycles. The lowest BCUT2D eigenvalue weighted by atomic mass is 9.89. The molecule has 0 radical (unpaired) electrons. The maximum absolute atomic E-state index is 11.2. The Morgan fingerprint density at radius 2 is 1.94 bits per heavy atom. The number of imidazole rings is 1. The largest absolute Gasteiger partial charge is 0.477 e. The molecule has 2 N–H and O–H groups in total. The van der Waals surface area contributed by atoms with Gasteiger partial charge < -0.3 is 15.3 Å². The molecule has 8 heteroatoms. The summed E-state index contributed by atoms with van der Waals surface area (Å²) in [6.45, 7) is 6.86. The Hall–Kier alpha value is -3.23. The molecular formula is C25H27N5O2S. The van der Waals surface area contributed by atoms with Gasteiger partial charge in [-0.05, 0) is 69.5 Å². The van der Waals surface area contributed by atoms with Crippen LogP contribution in [-0.2, 0) is 0 Å². The third-order valence-electron chi connectivity index (χ3n) is 6.44. The van der Waals surface area contributed by atoms with Crippen LogP contribution < -0.4 is 5.32 Å². The van der Waals surface area contributed by atoms with Crippen LogP contribution in [-0.4, -0.2) is 49.5 Å². The molecule has 33 heavy (non-hydrogen) atoms. The van der Waals surface area contributed by atoms with Crippen molar-refractivity contribution in [2.75, 3.05) is 18.4 Å². The van der Waals surface area contributed by atoms with E-state index >= 15 is 0 Å². The van der Waals surface area contributed by atoms with E-state index in [1.165, 1.54) is 29.7 Å². The van der Waals surface area contributed by atoms with Gasteiger partial charge in [-0.3, -0.25) is 4.40 Å². The van der Waals surface area contributed by atoms with Gasteiger partial charge in [0.05, 0.1) is 11.9 Å². The van der Waals surface area contributed by atoms with E-state index in [1.807, 2.05) is 16.0 Å². The zero-order chi connectivity index (χ0) is 22.9. The molecule has 1 fully saturated rings. The van der Waals surface area contributed by atoms with Gasteiger partial charge in [0.15, 0.2) is 11.5 Å². The van der Waals surface area contributed by atoms with E-state index in [1.54, 1.807) is 18.5 Å². The summed E-state index contributed by atoms with van der Waals surface area (Å²) in [6, 6.07) is 10.9. The standard InChI is InChI=1S/C25H27N5O2S/c1-16(2)29-10-7-18(8-11-29)17-3-5-20(6-4-17)28-23-24-26-9-12-30(24)21(14-27-23)19-13-22(25(31)32)33-15-19/h3-6,9,12-16,18H,7-8,10-11H2,1-2H3,(H,27,28)(H,31,32). The number of thiophene rings is 1. The molecule has 4 heterocycles. The Labute approximate surface area is 196 Å². The summed E-state index contributed by atoms with van der Waals surface area (Å²) < 4.78 is 1.93. The Balaban J connectivity index is 1.33. The molecule has 1 aromatic carbocycles. The number of carboxylic acid groups (broad SMARTS) is 1. The number of anilines is 2. The summed E-state index contributed by atoms with van der Waals surface area (Å²) in [6.07, 6.45) is 7.75. The number of benzene rings is 1. The minimum absolute atomic E-state index is 0.301. The van der Waals surface area contributed by atoms with Crippen molar-refractivity contribution in [3.63, 3.8) is 0 Å². The molecule has 0 aliphatic carbocycles. The van der Waals surface area contributed by atoms with Crippen LogP contribution >= 0.6 is 11.3 Å². The molecule has 7 nitrogen and oxygen atoms in total. The van der Waals surface area contributed by atoms with Crippen LogP contribution in [0.2, 0.25) is 0 Å². The molecule has 170 valence electrons. The number of carbonyl (C=O) groups is 1. The number of hydrogen-bond donors (Lipinski definition) is 2. The molecule has 0 spiro atoms. The second kappa shape index (κ2) is 8.96. The fraction of sp³-hybridized carbons (Fsp3) is 0.320. The van der Waals surface area contributed by atoms with Crippen molar-refractivity contribution >= 4 is 34.5 Å². The molecule has 0 amide bonds. The van der Waals surface area contributed by atoms with Crippen molar-refractivity contribution in [2.45, 2.75) is 38.6 Å². The van der Waals surface area contributed by atoms with Gasteiger partial charge in [0.25, 0.3) is 0 Å². The number of rotatable bonds is 6. The van der Waals surface area contributed by atoms with Crippen LogP contribution in [0.3, 0.4) is 0 Å². The van der Waals surface area contributed by atoms with E-state index in [-0.39, 0.29) is 0 Å². The SMILES string of the molecule is CC(C)N1CCC(c2ccc(Nc3ncc(-c4csc(C(=O)O)c4)n4ccnc34)cc2)CC1. The minimum atomic E-state index is -0.923. The topological polar surface area (TPSA) is 82.8 Å². The average molecular weight is 462 g/mol. The molecule has 0 bridgehead atoms. The first-order chi connectivity index (χ1) is 16.0. The summed E-state index contributed by atoms with van der Waals surface area (Å²) in [5.74, 6) is 0.357. The highest BCUT2D eigenvalue weighted by atomic mass is 32.1. The number of piperidine rings is 1. The predicted molar refractivity (Wildman–Crippen MR) is 132 cm³/mol. The van der Waals surface area contributed by atoms with Gasteiger partial charge in [-0.1, -0.05) is 12.1 Å². The molecule has 5 rings (SSSR count). The van der Waals surface area contributed by atoms with Crippen molar-refractivity contribution in [1.82, 2.24) is 19.3 Å². The van der Waals surface area contributed by atoms with Crippen LogP contribution in [0.15, 0.2) is 54.3 Å². The highest BCUT2D eigenvalue weighted by Gasteiger charge is 2.22. The molecule has 3 aromatic heterocycles. The van der Waals surface area contributed by atoms with Crippen LogP contribution in [0.4, 0.5) is 11.5 Å². The van der Waals surface area contributed by atoms with Crippen LogP contribution in [0.25, 0.3) is 16.9 Å². The lowest BCUT2D eigenvalue weighted by molar-refractivity contribution is 0.0702. The smallest absolute Gasteiger partial charge is 0.345 e. The quantitative estimate of drug-likeness (QED) is 0.395. The van der Waals surface area contributed by atoms with Gasteiger partial charge in [-0.2, -0.15) is 0 Å². The summed E-state index contributed by atoms with van der Waals surface area (Å²) in [4.78, 5) is 23.2. The second-order valence-corrected chi connectivity index (χ2v) is 9.68. The maximum Gasteiger partial charge on any atom is 0.345 e. The summed E-state index contributed by atoms with van der Waals surface area (Å²) in [5.41, 5.74) is 4.67. The fourth-order valence-electron chi connectivity index (χ4n) is 4.53. The van der Waals surface area contributed by atoms with Crippen molar-refractivity contribution < 1.29 is 9.90 Å². The van der Waals surface area contributed by atoms with Gasteiger partial charge in [-0.25, -0.2) is 14.8 Å². The number of nitrogens with one attached hydrogen (secondary N) is 1. The highest BCUT2D eigenvalue weighted by Crippen LogP contribution is 2.31. The monoisotopic (exact) mass is 461 g/mol. The molecule has 0 saturated carbocycles. The summed E-state index contributed by atoms with van der Waals surface area (Å²) in [7, 11) is 0. The number of carboxylic acids is 1. The van der Waals surface area contributed by atoms with Crippen LogP contribution in [0, 0.1) is 0 Å². The van der Waals surface area contributed by atoms with Gasteiger partial charge in [0.1, 0.15) is 4.88 Å². The van der Waals surface area contributed by atoms with E-state index in [0.29, 0.717) is 28.3 Å². The first-order valence-electron chi connectivity index (χ1n) is 11.2. The first-order valence-corrected chi connectivity index (χ1v) is 12.1. The normalized spacial score (nSPS) is 15.4. The fourth-order valence-corrected chi connectivity index (χ4v) is 5.27. The average Bonchev–Trinajstić information content (AvgIpc) is 3.51. The number of hydrogen-bond acceptors (Lipinski definition) is 6. The third kappa shape index (κ3) is 4.36. The molecular weight excluding hydrogens is 434 g/mol. The zero-order valence-corrected chi connectivity index (χ0v) is 19.5. The minimum Gasteiger partial charge on any atom is -0.477 e. The number of fused-ring (bicyclic) bond motifs is 1. The van der Waals surface area contributed by atoms with Crippen molar-refractivity contribution in [2.24, 2.45) is 0 Å². The lowest BCUT2D eigenvalue weighted by Crippen LogP contribution is -2.37. The van der Waals surface area contributed by atoms with Crippen molar-refractivity contribution in [3.8, 4) is 11.3 Å². The lowest BCUT2D eigenvalue weighted by Gasteiger charge is -2.34. The third-order valence-corrected chi connectivity index (χ3v) is 7.36. The molecule has 1 aliphatic rings. The van der Waals surface area contributed by atoms with E-state index in [0.717, 1.165) is 30.0 Å². The molecule has 0 atom stereocenters. The van der Waals surface area contributed by atoms with Gasteiger partial charge in [-0.15, -0.1) is 11.3 Å². The van der Waals surface area contributed by atoms with Crippen molar-refractivity contribution in [1.29, 1.82) is 0 Å². The molecule has 4 aromatic rings. The highest BCUT2D eigenvalue weighted by molar-refractivity contribution is 7.12. The van der Waals surface area contributed by atoms with E-state index in [4.69, 9.17) is 0 Å². The van der Waals surface area contributed by atoms with Gasteiger partial charge in [0, 0.05) is 35.1 Å². The van der Waals surface area contributed by atoms with Gasteiger partial charge >= 0.3 is 5.97 Å². The van der Waals surface area contributed by atoms with E-state index in [2.05, 4.69) is 58.3 Å². The molecule has 0 unspecified atom stereocenters. The van der Waals surface area contributed by atoms with E-state index in [9.17, 15) is 9.90 Å². The first kappa shape index (κ1) is 21.6. The molecule has 1 saturated heterocycles. The number of nitrogens with zero attached hydrogens (tertiary/aromatic N) is 4. The van der Waals surface area contributed by atoms with E-state index < -0.39 is 5.97 Å². The summed E-state index contributed by atoms with van der Waals surface area (Å²) >= 11 is 1.21. The maximum atomic E-state index is 11.2. The predicted octanol–water partition coefficient (Wildman–Crippen LogP) is 5.49.